The van der Waals surface area contributed by atoms with E-state index in [2.05, 4.69) is 16.8 Å². The number of nitrogens with zero attached hydrogens (tertiary/aromatic N) is 2. The standard InChI is InChI=1S/C14H22FN3/c1-17-8-6-11(10-17)7-9-18(2)13-5-3-4-12(15)14(13)16/h3-5,11H,6-10,16H2,1-2H3. The lowest BCUT2D eigenvalue weighted by molar-refractivity contribution is 0.389. The van der Waals surface area contributed by atoms with Crippen LogP contribution in [0.25, 0.3) is 0 Å². The van der Waals surface area contributed by atoms with Crippen molar-refractivity contribution in [2.75, 3.05) is 44.4 Å². The number of halogens is 1. The third-order valence-electron chi connectivity index (χ3n) is 3.80. The van der Waals surface area contributed by atoms with Gasteiger partial charge in [0.15, 0.2) is 0 Å². The second kappa shape index (κ2) is 5.57. The Balaban J connectivity index is 1.91. The number of hydrogen-bond acceptors (Lipinski definition) is 3. The van der Waals surface area contributed by atoms with Gasteiger partial charge >= 0.3 is 0 Å². The molecule has 100 valence electrons. The molecule has 0 aromatic heterocycles. The molecule has 0 saturated carbocycles. The molecule has 1 fully saturated rings. The van der Waals surface area contributed by atoms with Gasteiger partial charge in [0.1, 0.15) is 5.82 Å². The summed E-state index contributed by atoms with van der Waals surface area (Å²) in [5.41, 5.74) is 6.81. The van der Waals surface area contributed by atoms with Crippen LogP contribution in [0.2, 0.25) is 0 Å². The van der Waals surface area contributed by atoms with Crippen molar-refractivity contribution in [3.05, 3.63) is 24.0 Å². The van der Waals surface area contributed by atoms with Crippen LogP contribution in [-0.2, 0) is 0 Å². The normalized spacial score (nSPS) is 20.3. The van der Waals surface area contributed by atoms with Gasteiger partial charge in [0, 0.05) is 20.1 Å². The maximum Gasteiger partial charge on any atom is 0.148 e. The highest BCUT2D eigenvalue weighted by molar-refractivity contribution is 5.67. The fourth-order valence-corrected chi connectivity index (χ4v) is 2.62. The summed E-state index contributed by atoms with van der Waals surface area (Å²) in [6.07, 6.45) is 2.40. The predicted molar refractivity (Wildman–Crippen MR) is 74.3 cm³/mol. The predicted octanol–water partition coefficient (Wildman–Crippen LogP) is 2.19. The maximum atomic E-state index is 13.4. The molecule has 0 amide bonds. The molecule has 1 unspecified atom stereocenters. The molecule has 1 aromatic rings. The van der Waals surface area contributed by atoms with Gasteiger partial charge in [-0.1, -0.05) is 6.07 Å². The number of benzene rings is 1. The van der Waals surface area contributed by atoms with Gasteiger partial charge in [-0.05, 0) is 44.5 Å². The summed E-state index contributed by atoms with van der Waals surface area (Å²) in [5, 5.41) is 0. The first-order valence-corrected chi connectivity index (χ1v) is 6.51. The van der Waals surface area contributed by atoms with E-state index in [-0.39, 0.29) is 11.5 Å². The van der Waals surface area contributed by atoms with Crippen molar-refractivity contribution in [1.82, 2.24) is 4.90 Å². The van der Waals surface area contributed by atoms with E-state index in [9.17, 15) is 4.39 Å². The quantitative estimate of drug-likeness (QED) is 0.833. The molecular weight excluding hydrogens is 229 g/mol. The molecule has 2 rings (SSSR count). The fraction of sp³-hybridized carbons (Fsp3) is 0.571. The Labute approximate surface area is 108 Å². The Hall–Kier alpha value is -1.29. The minimum Gasteiger partial charge on any atom is -0.395 e. The number of para-hydroxylation sites is 1. The average molecular weight is 251 g/mol. The van der Waals surface area contributed by atoms with E-state index in [0.29, 0.717) is 0 Å². The first kappa shape index (κ1) is 13.1. The van der Waals surface area contributed by atoms with E-state index in [1.54, 1.807) is 6.07 Å². The van der Waals surface area contributed by atoms with Crippen LogP contribution in [0.5, 0.6) is 0 Å². The van der Waals surface area contributed by atoms with Crippen molar-refractivity contribution < 1.29 is 4.39 Å². The summed E-state index contributed by atoms with van der Waals surface area (Å²) in [7, 11) is 4.14. The van der Waals surface area contributed by atoms with Crippen LogP contribution in [0.3, 0.4) is 0 Å². The molecule has 1 atom stereocenters. The van der Waals surface area contributed by atoms with Crippen molar-refractivity contribution in [3.63, 3.8) is 0 Å². The molecule has 2 N–H and O–H groups in total. The second-order valence-corrected chi connectivity index (χ2v) is 5.30. The summed E-state index contributed by atoms with van der Waals surface area (Å²) in [6.45, 7) is 3.29. The third-order valence-corrected chi connectivity index (χ3v) is 3.80. The largest absolute Gasteiger partial charge is 0.395 e. The highest BCUT2D eigenvalue weighted by atomic mass is 19.1. The molecule has 4 heteroatoms. The van der Waals surface area contributed by atoms with Crippen molar-refractivity contribution in [3.8, 4) is 0 Å². The SMILES string of the molecule is CN1CCC(CCN(C)c2cccc(F)c2N)C1. The molecule has 3 nitrogen and oxygen atoms in total. The van der Waals surface area contributed by atoms with Gasteiger partial charge in [-0.2, -0.15) is 0 Å². The minimum atomic E-state index is -0.333. The van der Waals surface area contributed by atoms with Gasteiger partial charge < -0.3 is 15.5 Å². The topological polar surface area (TPSA) is 32.5 Å². The zero-order chi connectivity index (χ0) is 13.1. The zero-order valence-corrected chi connectivity index (χ0v) is 11.2. The maximum absolute atomic E-state index is 13.4. The lowest BCUT2D eigenvalue weighted by Crippen LogP contribution is -2.23. The van der Waals surface area contributed by atoms with Crippen LogP contribution in [-0.4, -0.2) is 38.6 Å². The van der Waals surface area contributed by atoms with E-state index >= 15 is 0 Å². The Bertz CT molecular complexity index is 408. The van der Waals surface area contributed by atoms with Crippen molar-refractivity contribution in [2.45, 2.75) is 12.8 Å². The molecule has 1 aromatic carbocycles. The Morgan fingerprint density at radius 3 is 2.94 bits per heavy atom. The fourth-order valence-electron chi connectivity index (χ4n) is 2.62. The average Bonchev–Trinajstić information content (AvgIpc) is 2.76. The van der Waals surface area contributed by atoms with Gasteiger partial charge in [0.05, 0.1) is 11.4 Å². The second-order valence-electron chi connectivity index (χ2n) is 5.30. The summed E-state index contributed by atoms with van der Waals surface area (Å²) in [6, 6.07) is 4.98. The molecule has 1 aliphatic rings. The zero-order valence-electron chi connectivity index (χ0n) is 11.2. The van der Waals surface area contributed by atoms with Crippen molar-refractivity contribution in [1.29, 1.82) is 0 Å². The van der Waals surface area contributed by atoms with E-state index in [0.717, 1.165) is 24.6 Å². The molecule has 1 heterocycles. The molecule has 18 heavy (non-hydrogen) atoms. The molecule has 0 bridgehead atoms. The highest BCUT2D eigenvalue weighted by Gasteiger charge is 2.20. The molecule has 1 saturated heterocycles. The van der Waals surface area contributed by atoms with Gasteiger partial charge in [-0.15, -0.1) is 0 Å². The van der Waals surface area contributed by atoms with Crippen molar-refractivity contribution in [2.24, 2.45) is 5.92 Å². The van der Waals surface area contributed by atoms with Crippen LogP contribution in [0.15, 0.2) is 18.2 Å². The lowest BCUT2D eigenvalue weighted by Gasteiger charge is -2.23. The van der Waals surface area contributed by atoms with E-state index in [1.165, 1.54) is 25.6 Å². The molecule has 1 aliphatic heterocycles. The molecule has 0 radical (unpaired) electrons. The van der Waals surface area contributed by atoms with Gasteiger partial charge in [-0.25, -0.2) is 4.39 Å². The van der Waals surface area contributed by atoms with Crippen molar-refractivity contribution >= 4 is 11.4 Å². The summed E-state index contributed by atoms with van der Waals surface area (Å²) < 4.78 is 13.4. The summed E-state index contributed by atoms with van der Waals surface area (Å²) in [4.78, 5) is 4.41. The van der Waals surface area contributed by atoms with E-state index in [1.807, 2.05) is 13.1 Å². The number of anilines is 2. The van der Waals surface area contributed by atoms with E-state index in [4.69, 9.17) is 5.73 Å². The first-order valence-electron chi connectivity index (χ1n) is 6.51. The molecule has 0 aliphatic carbocycles. The number of likely N-dealkylation sites (tertiary alicyclic amines) is 1. The summed E-state index contributed by atoms with van der Waals surface area (Å²) >= 11 is 0. The van der Waals surface area contributed by atoms with Crippen LogP contribution in [0, 0.1) is 11.7 Å². The minimum absolute atomic E-state index is 0.253. The molecular formula is C14H22FN3. The summed E-state index contributed by atoms with van der Waals surface area (Å²) in [5.74, 6) is 0.423. The Kier molecular flexibility index (Phi) is 4.07. The monoisotopic (exact) mass is 251 g/mol. The van der Waals surface area contributed by atoms with E-state index < -0.39 is 0 Å². The van der Waals surface area contributed by atoms with Gasteiger partial charge in [0.25, 0.3) is 0 Å². The Morgan fingerprint density at radius 2 is 2.28 bits per heavy atom. The molecule has 0 spiro atoms. The first-order chi connectivity index (χ1) is 8.58. The highest BCUT2D eigenvalue weighted by Crippen LogP contribution is 2.26. The van der Waals surface area contributed by atoms with Crippen LogP contribution in [0.4, 0.5) is 15.8 Å². The smallest absolute Gasteiger partial charge is 0.148 e. The Morgan fingerprint density at radius 1 is 1.50 bits per heavy atom. The number of hydrogen-bond donors (Lipinski definition) is 1. The van der Waals surface area contributed by atoms with Gasteiger partial charge in [0.2, 0.25) is 0 Å². The van der Waals surface area contributed by atoms with Crippen LogP contribution < -0.4 is 10.6 Å². The lowest BCUT2D eigenvalue weighted by atomic mass is 10.0. The van der Waals surface area contributed by atoms with Crippen LogP contribution in [0.1, 0.15) is 12.8 Å². The van der Waals surface area contributed by atoms with Crippen LogP contribution >= 0.6 is 0 Å². The number of nitrogens with two attached hydrogens (primary N) is 1. The number of nitrogen functional groups attached to an aromatic ring is 1. The van der Waals surface area contributed by atoms with Gasteiger partial charge in [-0.3, -0.25) is 0 Å². The third kappa shape index (κ3) is 2.93. The number of rotatable bonds is 4.